The summed E-state index contributed by atoms with van der Waals surface area (Å²) < 4.78 is 2.45. The van der Waals surface area contributed by atoms with Crippen LogP contribution in [0.4, 0.5) is 0 Å². The average Bonchev–Trinajstić information content (AvgIpc) is 3.53. The monoisotopic (exact) mass is 393 g/mol. The largest absolute Gasteiger partial charge is 0.315 e. The van der Waals surface area contributed by atoms with Gasteiger partial charge in [0, 0.05) is 22.5 Å². The molecule has 1 heteroatoms. The van der Waals surface area contributed by atoms with Gasteiger partial charge in [0.25, 0.3) is 0 Å². The summed E-state index contributed by atoms with van der Waals surface area (Å²) in [6.07, 6.45) is 4.30. The fourth-order valence-corrected chi connectivity index (χ4v) is 6.18. The first kappa shape index (κ1) is 15.9. The Balaban J connectivity index is 1.58. The van der Waals surface area contributed by atoms with Crippen molar-refractivity contribution in [3.8, 4) is 22.3 Å². The third-order valence-corrected chi connectivity index (χ3v) is 7.46. The number of rotatable bonds is 0. The van der Waals surface area contributed by atoms with Crippen LogP contribution < -0.4 is 0 Å². The van der Waals surface area contributed by atoms with E-state index in [0.717, 1.165) is 12.8 Å². The maximum absolute atomic E-state index is 2.45. The fourth-order valence-electron chi connectivity index (χ4n) is 6.18. The van der Waals surface area contributed by atoms with Crippen LogP contribution >= 0.6 is 0 Å². The summed E-state index contributed by atoms with van der Waals surface area (Å²) in [6, 6.07) is 31.7. The van der Waals surface area contributed by atoms with Gasteiger partial charge in [-0.1, -0.05) is 72.8 Å². The minimum absolute atomic E-state index is 1.02. The highest BCUT2D eigenvalue weighted by Gasteiger charge is 2.26. The molecule has 6 aromatic rings. The lowest BCUT2D eigenvalue weighted by Crippen LogP contribution is -1.96. The normalized spacial score (nSPS) is 13.5. The highest BCUT2D eigenvalue weighted by Crippen LogP contribution is 2.47. The number of hydrogen-bond acceptors (Lipinski definition) is 0. The van der Waals surface area contributed by atoms with Crippen LogP contribution in [0.3, 0.4) is 0 Å². The van der Waals surface area contributed by atoms with E-state index < -0.39 is 0 Å². The minimum atomic E-state index is 1.02. The molecule has 0 aliphatic heterocycles. The van der Waals surface area contributed by atoms with Gasteiger partial charge in [-0.15, -0.1) is 0 Å². The molecule has 0 atom stereocenters. The lowest BCUT2D eigenvalue weighted by atomic mass is 9.93. The van der Waals surface area contributed by atoms with Crippen LogP contribution in [0.1, 0.15) is 22.3 Å². The van der Waals surface area contributed by atoms with E-state index in [1.54, 1.807) is 0 Å². The molecule has 31 heavy (non-hydrogen) atoms. The summed E-state index contributed by atoms with van der Waals surface area (Å²) in [6.45, 7) is 0. The zero-order valence-corrected chi connectivity index (χ0v) is 17.0. The molecule has 2 aliphatic carbocycles. The van der Waals surface area contributed by atoms with Crippen molar-refractivity contribution in [2.75, 3.05) is 0 Å². The maximum Gasteiger partial charge on any atom is 0.0615 e. The zero-order chi connectivity index (χ0) is 20.1. The van der Waals surface area contributed by atoms with Gasteiger partial charge >= 0.3 is 0 Å². The Hall–Kier alpha value is -3.84. The Morgan fingerprint density at radius 1 is 0.548 bits per heavy atom. The van der Waals surface area contributed by atoms with E-state index in [4.69, 9.17) is 0 Å². The molecular weight excluding hydrogens is 374 g/mol. The predicted molar refractivity (Wildman–Crippen MR) is 129 cm³/mol. The van der Waals surface area contributed by atoms with E-state index in [9.17, 15) is 0 Å². The Bertz CT molecular complexity index is 1730. The van der Waals surface area contributed by atoms with Crippen LogP contribution in [-0.2, 0) is 12.8 Å². The Labute approximate surface area is 180 Å². The highest BCUT2D eigenvalue weighted by atomic mass is 14.9. The first-order chi connectivity index (χ1) is 15.4. The molecule has 8 rings (SSSR count). The van der Waals surface area contributed by atoms with Crippen LogP contribution in [0.15, 0.2) is 91.1 Å². The van der Waals surface area contributed by atoms with Gasteiger partial charge in [0.2, 0.25) is 0 Å². The molecule has 4 aromatic carbocycles. The van der Waals surface area contributed by atoms with Gasteiger partial charge in [-0.3, -0.25) is 0 Å². The molecule has 0 saturated carbocycles. The van der Waals surface area contributed by atoms with Crippen molar-refractivity contribution in [1.82, 2.24) is 4.40 Å². The van der Waals surface area contributed by atoms with Gasteiger partial charge in [0.15, 0.2) is 0 Å². The van der Waals surface area contributed by atoms with Crippen molar-refractivity contribution in [3.05, 3.63) is 113 Å². The van der Waals surface area contributed by atoms with Gasteiger partial charge in [0.05, 0.1) is 11.0 Å². The zero-order valence-electron chi connectivity index (χ0n) is 17.0. The molecule has 0 bridgehead atoms. The van der Waals surface area contributed by atoms with Crippen LogP contribution in [0.25, 0.3) is 49.4 Å². The molecule has 2 aliphatic rings. The number of hydrogen-bond donors (Lipinski definition) is 0. The smallest absolute Gasteiger partial charge is 0.0615 e. The van der Waals surface area contributed by atoms with Crippen LogP contribution in [0, 0.1) is 0 Å². The van der Waals surface area contributed by atoms with Crippen molar-refractivity contribution in [2.24, 2.45) is 0 Å². The van der Waals surface area contributed by atoms with Gasteiger partial charge in [-0.05, 0) is 69.3 Å². The molecule has 0 saturated heterocycles. The summed E-state index contributed by atoms with van der Waals surface area (Å²) in [5, 5.41) is 4.14. The number of fused-ring (bicyclic) bond motifs is 14. The fraction of sp³-hybridized carbons (Fsp3) is 0.0667. The minimum Gasteiger partial charge on any atom is -0.315 e. The number of nitrogens with zero attached hydrogens (tertiary/aromatic N) is 1. The third kappa shape index (κ3) is 1.88. The summed E-state index contributed by atoms with van der Waals surface area (Å²) >= 11 is 0. The molecule has 1 nitrogen and oxygen atoms in total. The van der Waals surface area contributed by atoms with Gasteiger partial charge in [-0.25, -0.2) is 0 Å². The molecular formula is C30H19N. The molecule has 144 valence electrons. The Kier molecular flexibility index (Phi) is 2.80. The standard InChI is InChI=1S/C30H19N/c1-3-8-21-19(7-1)17-26-23(21)13-14-24-25-12-11-20-16-18-6-2-4-9-22(18)28(20)30(25)31-15-5-10-27(31)29(24)26/h1-15H,16-17H2. The van der Waals surface area contributed by atoms with Crippen molar-refractivity contribution >= 4 is 27.2 Å². The van der Waals surface area contributed by atoms with Crippen molar-refractivity contribution in [3.63, 3.8) is 0 Å². The quantitative estimate of drug-likeness (QED) is 0.237. The molecule has 2 heterocycles. The van der Waals surface area contributed by atoms with E-state index in [-0.39, 0.29) is 0 Å². The first-order valence-electron chi connectivity index (χ1n) is 11.1. The van der Waals surface area contributed by atoms with Crippen molar-refractivity contribution in [2.45, 2.75) is 12.8 Å². The summed E-state index contributed by atoms with van der Waals surface area (Å²) in [5.41, 5.74) is 14.1. The Morgan fingerprint density at radius 2 is 1.32 bits per heavy atom. The topological polar surface area (TPSA) is 4.41 Å². The molecule has 0 fully saturated rings. The molecule has 0 N–H and O–H groups in total. The van der Waals surface area contributed by atoms with E-state index >= 15 is 0 Å². The Morgan fingerprint density at radius 3 is 2.23 bits per heavy atom. The molecule has 2 aromatic heterocycles. The number of aromatic nitrogens is 1. The average molecular weight is 393 g/mol. The summed E-state index contributed by atoms with van der Waals surface area (Å²) in [5.74, 6) is 0. The van der Waals surface area contributed by atoms with Gasteiger partial charge in [-0.2, -0.15) is 0 Å². The highest BCUT2D eigenvalue weighted by molar-refractivity contribution is 6.19. The lowest BCUT2D eigenvalue weighted by molar-refractivity contribution is 1.25. The second-order valence-corrected chi connectivity index (χ2v) is 8.94. The van der Waals surface area contributed by atoms with Gasteiger partial charge < -0.3 is 4.40 Å². The number of pyridine rings is 1. The SMILES string of the molecule is c1ccc2c(c1)Cc1c-2ccc2c3ccc4c(c3n3cccc3c12)-c1ccccc1C4. The van der Waals surface area contributed by atoms with E-state index in [1.807, 2.05) is 0 Å². The van der Waals surface area contributed by atoms with Crippen LogP contribution in [-0.4, -0.2) is 4.40 Å². The van der Waals surface area contributed by atoms with Gasteiger partial charge in [0.1, 0.15) is 0 Å². The summed E-state index contributed by atoms with van der Waals surface area (Å²) in [4.78, 5) is 0. The van der Waals surface area contributed by atoms with E-state index in [0.29, 0.717) is 0 Å². The summed E-state index contributed by atoms with van der Waals surface area (Å²) in [7, 11) is 0. The lowest BCUT2D eigenvalue weighted by Gasteiger charge is -2.16. The third-order valence-electron chi connectivity index (χ3n) is 7.46. The van der Waals surface area contributed by atoms with Crippen LogP contribution in [0.2, 0.25) is 0 Å². The predicted octanol–water partition coefficient (Wildman–Crippen LogP) is 7.39. The second-order valence-electron chi connectivity index (χ2n) is 8.94. The molecule has 0 amide bonds. The van der Waals surface area contributed by atoms with Crippen LogP contribution in [0.5, 0.6) is 0 Å². The second kappa shape index (κ2) is 5.44. The van der Waals surface area contributed by atoms with E-state index in [1.165, 1.54) is 71.7 Å². The molecule has 0 radical (unpaired) electrons. The van der Waals surface area contributed by atoms with Crippen molar-refractivity contribution in [1.29, 1.82) is 0 Å². The number of benzene rings is 4. The maximum atomic E-state index is 2.45. The van der Waals surface area contributed by atoms with E-state index in [2.05, 4.69) is 95.5 Å². The molecule has 0 unspecified atom stereocenters. The van der Waals surface area contributed by atoms with Crippen molar-refractivity contribution < 1.29 is 0 Å². The molecule has 0 spiro atoms. The first-order valence-corrected chi connectivity index (χ1v) is 11.1.